The minimum absolute atomic E-state index is 0.0278. The van der Waals surface area contributed by atoms with Crippen molar-refractivity contribution in [2.75, 3.05) is 26.3 Å². The number of halogens is 4. The molecule has 1 saturated heterocycles. The topological polar surface area (TPSA) is 72.3 Å². The summed E-state index contributed by atoms with van der Waals surface area (Å²) >= 11 is 0. The zero-order valence-electron chi connectivity index (χ0n) is 17.5. The summed E-state index contributed by atoms with van der Waals surface area (Å²) < 4.78 is 60.4. The predicted octanol–water partition coefficient (Wildman–Crippen LogP) is 3.19. The second-order valence-electron chi connectivity index (χ2n) is 7.51. The number of carbonyl (C=O) groups is 1. The van der Waals surface area contributed by atoms with Gasteiger partial charge in [0.2, 0.25) is 0 Å². The minimum atomic E-state index is -4.90. The fraction of sp³-hybridized carbons (Fsp3) is 0.318. The van der Waals surface area contributed by atoms with E-state index in [4.69, 9.17) is 4.74 Å². The van der Waals surface area contributed by atoms with E-state index >= 15 is 0 Å². The van der Waals surface area contributed by atoms with E-state index in [1.165, 1.54) is 0 Å². The van der Waals surface area contributed by atoms with Crippen molar-refractivity contribution >= 4 is 5.91 Å². The highest BCUT2D eigenvalue weighted by atomic mass is 19.4. The first kappa shape index (κ1) is 22.9. The number of nitrogens with one attached hydrogen (secondary N) is 1. The molecule has 3 aromatic rings. The molecule has 0 unspecified atom stereocenters. The van der Waals surface area contributed by atoms with Crippen LogP contribution in [0.4, 0.5) is 17.6 Å². The highest BCUT2D eigenvalue weighted by molar-refractivity contribution is 5.93. The molecule has 11 heteroatoms. The Bertz CT molecular complexity index is 1110. The molecule has 2 heterocycles. The quantitative estimate of drug-likeness (QED) is 0.569. The van der Waals surface area contributed by atoms with Gasteiger partial charge >= 0.3 is 6.18 Å². The lowest BCUT2D eigenvalue weighted by Crippen LogP contribution is -2.36. The number of rotatable bonds is 6. The molecule has 1 fully saturated rings. The number of benzene rings is 2. The van der Waals surface area contributed by atoms with Crippen LogP contribution in [-0.4, -0.2) is 52.1 Å². The van der Waals surface area contributed by atoms with Crippen LogP contribution in [0.25, 0.3) is 5.69 Å². The van der Waals surface area contributed by atoms with Crippen LogP contribution < -0.4 is 5.32 Å². The second kappa shape index (κ2) is 9.67. The molecular weight excluding hydrogens is 442 g/mol. The third kappa shape index (κ3) is 5.37. The van der Waals surface area contributed by atoms with Crippen LogP contribution in [0.1, 0.15) is 27.3 Å². The van der Waals surface area contributed by atoms with Gasteiger partial charge in [-0.3, -0.25) is 9.69 Å². The molecule has 0 aliphatic carbocycles. The van der Waals surface area contributed by atoms with Crippen molar-refractivity contribution < 1.29 is 27.1 Å². The average Bonchev–Trinajstić information content (AvgIpc) is 3.26. The number of aromatic nitrogens is 3. The van der Waals surface area contributed by atoms with Gasteiger partial charge in [-0.25, -0.2) is 9.07 Å². The maximum atomic E-state index is 13.8. The highest BCUT2D eigenvalue weighted by Gasteiger charge is 2.42. The number of hydrogen-bond donors (Lipinski definition) is 1. The lowest BCUT2D eigenvalue weighted by molar-refractivity contribution is -0.143. The number of morpholine rings is 1. The number of carbonyl (C=O) groups excluding carboxylic acids is 1. The molecule has 1 amide bonds. The van der Waals surface area contributed by atoms with Gasteiger partial charge in [0.25, 0.3) is 5.91 Å². The Morgan fingerprint density at radius 3 is 2.36 bits per heavy atom. The summed E-state index contributed by atoms with van der Waals surface area (Å²) in [5, 5.41) is 9.49. The molecule has 0 bridgehead atoms. The van der Waals surface area contributed by atoms with Gasteiger partial charge in [0.1, 0.15) is 5.82 Å². The molecule has 2 aromatic carbocycles. The average molecular weight is 463 g/mol. The van der Waals surface area contributed by atoms with Crippen LogP contribution in [0, 0.1) is 5.82 Å². The van der Waals surface area contributed by atoms with Gasteiger partial charge < -0.3 is 10.1 Å². The maximum Gasteiger partial charge on any atom is 0.435 e. The monoisotopic (exact) mass is 463 g/mol. The molecule has 1 aliphatic heterocycles. The van der Waals surface area contributed by atoms with Gasteiger partial charge in [0, 0.05) is 26.2 Å². The maximum absolute atomic E-state index is 13.8. The summed E-state index contributed by atoms with van der Waals surface area (Å²) in [5.74, 6) is -1.61. The first-order chi connectivity index (χ1) is 15.8. The number of hydrogen-bond acceptors (Lipinski definition) is 5. The van der Waals surface area contributed by atoms with E-state index in [9.17, 15) is 22.4 Å². The number of amides is 1. The molecule has 1 N–H and O–H groups in total. The first-order valence-corrected chi connectivity index (χ1v) is 10.3. The normalized spacial score (nSPS) is 14.9. The SMILES string of the molecule is O=C(NCc1ccccc1CN1CCOCC1)c1nnn(-c2ccc(F)cc2)c1C(F)(F)F. The van der Waals surface area contributed by atoms with Crippen molar-refractivity contribution in [3.63, 3.8) is 0 Å². The zero-order valence-corrected chi connectivity index (χ0v) is 17.5. The van der Waals surface area contributed by atoms with E-state index in [-0.39, 0.29) is 12.2 Å². The van der Waals surface area contributed by atoms with Crippen molar-refractivity contribution in [1.82, 2.24) is 25.2 Å². The van der Waals surface area contributed by atoms with Gasteiger partial charge in [-0.2, -0.15) is 13.2 Å². The minimum Gasteiger partial charge on any atom is -0.379 e. The van der Waals surface area contributed by atoms with E-state index < -0.39 is 29.3 Å². The Morgan fingerprint density at radius 2 is 1.70 bits per heavy atom. The van der Waals surface area contributed by atoms with Gasteiger partial charge in [-0.15, -0.1) is 5.10 Å². The van der Waals surface area contributed by atoms with Crippen LogP contribution in [0.2, 0.25) is 0 Å². The fourth-order valence-corrected chi connectivity index (χ4v) is 3.60. The van der Waals surface area contributed by atoms with Crippen molar-refractivity contribution in [1.29, 1.82) is 0 Å². The Balaban J connectivity index is 1.53. The third-order valence-corrected chi connectivity index (χ3v) is 5.28. The van der Waals surface area contributed by atoms with Gasteiger partial charge in [0.05, 0.1) is 18.9 Å². The van der Waals surface area contributed by atoms with Crippen LogP contribution in [-0.2, 0) is 24.0 Å². The Kier molecular flexibility index (Phi) is 6.70. The van der Waals surface area contributed by atoms with Crippen LogP contribution in [0.3, 0.4) is 0 Å². The Hall–Kier alpha value is -3.31. The summed E-state index contributed by atoms with van der Waals surface area (Å²) in [5.41, 5.74) is -0.487. The molecule has 0 saturated carbocycles. The van der Waals surface area contributed by atoms with Crippen molar-refractivity contribution in [3.05, 3.63) is 76.9 Å². The van der Waals surface area contributed by atoms with E-state index in [0.717, 1.165) is 48.5 Å². The van der Waals surface area contributed by atoms with Crippen molar-refractivity contribution in [2.24, 2.45) is 0 Å². The largest absolute Gasteiger partial charge is 0.435 e. The first-order valence-electron chi connectivity index (χ1n) is 10.3. The Morgan fingerprint density at radius 1 is 1.03 bits per heavy atom. The summed E-state index contributed by atoms with van der Waals surface area (Å²) in [6.45, 7) is 3.51. The molecule has 33 heavy (non-hydrogen) atoms. The smallest absolute Gasteiger partial charge is 0.379 e. The molecule has 4 rings (SSSR count). The van der Waals surface area contributed by atoms with Crippen LogP contribution in [0.5, 0.6) is 0 Å². The number of alkyl halides is 3. The highest BCUT2D eigenvalue weighted by Crippen LogP contribution is 2.32. The van der Waals surface area contributed by atoms with E-state index in [2.05, 4.69) is 20.5 Å². The summed E-state index contributed by atoms with van der Waals surface area (Å²) in [6, 6.07) is 11.7. The van der Waals surface area contributed by atoms with Gasteiger partial charge in [-0.05, 0) is 35.4 Å². The summed E-state index contributed by atoms with van der Waals surface area (Å²) in [7, 11) is 0. The number of ether oxygens (including phenoxy) is 1. The van der Waals surface area contributed by atoms with Gasteiger partial charge in [0.15, 0.2) is 11.4 Å². The lowest BCUT2D eigenvalue weighted by atomic mass is 10.1. The van der Waals surface area contributed by atoms with Crippen molar-refractivity contribution in [2.45, 2.75) is 19.3 Å². The van der Waals surface area contributed by atoms with Gasteiger partial charge in [-0.1, -0.05) is 29.5 Å². The molecule has 1 aliphatic rings. The predicted molar refractivity (Wildman–Crippen MR) is 110 cm³/mol. The summed E-state index contributed by atoms with van der Waals surface area (Å²) in [6.07, 6.45) is -4.90. The fourth-order valence-electron chi connectivity index (χ4n) is 3.60. The third-order valence-electron chi connectivity index (χ3n) is 5.28. The number of nitrogens with zero attached hydrogens (tertiary/aromatic N) is 4. The molecule has 1 aromatic heterocycles. The molecule has 0 radical (unpaired) electrons. The summed E-state index contributed by atoms with van der Waals surface area (Å²) in [4.78, 5) is 14.9. The van der Waals surface area contributed by atoms with Crippen LogP contribution >= 0.6 is 0 Å². The Labute approximate surface area is 187 Å². The zero-order chi connectivity index (χ0) is 23.4. The van der Waals surface area contributed by atoms with Crippen LogP contribution in [0.15, 0.2) is 48.5 Å². The molecule has 0 spiro atoms. The second-order valence-corrected chi connectivity index (χ2v) is 7.51. The standard InChI is InChI=1S/C22H21F4N5O2/c23-17-5-7-18(8-6-17)31-20(22(24,25)26)19(28-29-31)21(32)27-13-15-3-1-2-4-16(15)14-30-9-11-33-12-10-30/h1-8H,9-14H2,(H,27,32). The molecule has 7 nitrogen and oxygen atoms in total. The molecular formula is C22H21F4N5O2. The van der Waals surface area contributed by atoms with E-state index in [1.807, 2.05) is 18.2 Å². The molecule has 174 valence electrons. The molecule has 0 atom stereocenters. The lowest BCUT2D eigenvalue weighted by Gasteiger charge is -2.27. The van der Waals surface area contributed by atoms with E-state index in [1.54, 1.807) is 6.07 Å². The van der Waals surface area contributed by atoms with E-state index in [0.29, 0.717) is 24.4 Å². The van der Waals surface area contributed by atoms with Crippen molar-refractivity contribution in [3.8, 4) is 5.69 Å².